The van der Waals surface area contributed by atoms with Gasteiger partial charge in [0.15, 0.2) is 11.5 Å². The summed E-state index contributed by atoms with van der Waals surface area (Å²) in [7, 11) is 3.25. The van der Waals surface area contributed by atoms with Crippen LogP contribution in [0.15, 0.2) is 35.3 Å². The minimum atomic E-state index is 0.687. The molecule has 2 aromatic rings. The SMILES string of the molecule is COc1cc(C)c(C=Nc2cccc(Cl)c2C)cc1OC. The van der Waals surface area contributed by atoms with Crippen LogP contribution in [0, 0.1) is 13.8 Å². The first-order valence-electron chi connectivity index (χ1n) is 6.58. The van der Waals surface area contributed by atoms with E-state index in [1.807, 2.05) is 50.4 Å². The zero-order valence-corrected chi connectivity index (χ0v) is 13.4. The first kappa shape index (κ1) is 15.4. The van der Waals surface area contributed by atoms with Crippen LogP contribution in [-0.4, -0.2) is 20.4 Å². The Morgan fingerprint density at radius 1 is 1.05 bits per heavy atom. The molecule has 0 spiro atoms. The first-order valence-corrected chi connectivity index (χ1v) is 6.96. The van der Waals surface area contributed by atoms with Gasteiger partial charge in [0, 0.05) is 11.2 Å². The highest BCUT2D eigenvalue weighted by Crippen LogP contribution is 2.30. The van der Waals surface area contributed by atoms with Gasteiger partial charge in [-0.1, -0.05) is 17.7 Å². The van der Waals surface area contributed by atoms with E-state index in [9.17, 15) is 0 Å². The third kappa shape index (κ3) is 3.37. The monoisotopic (exact) mass is 303 g/mol. The van der Waals surface area contributed by atoms with Crippen LogP contribution in [0.3, 0.4) is 0 Å². The molecule has 0 bridgehead atoms. The number of methoxy groups -OCH3 is 2. The molecule has 0 aromatic heterocycles. The van der Waals surface area contributed by atoms with E-state index in [2.05, 4.69) is 4.99 Å². The lowest BCUT2D eigenvalue weighted by atomic mass is 10.1. The van der Waals surface area contributed by atoms with Crippen LogP contribution in [0.4, 0.5) is 5.69 Å². The van der Waals surface area contributed by atoms with Crippen molar-refractivity contribution in [2.24, 2.45) is 4.99 Å². The molecule has 4 heteroatoms. The van der Waals surface area contributed by atoms with Gasteiger partial charge in [-0.15, -0.1) is 0 Å². The van der Waals surface area contributed by atoms with Crippen LogP contribution in [-0.2, 0) is 0 Å². The summed E-state index contributed by atoms with van der Waals surface area (Å²) in [4.78, 5) is 4.52. The number of benzene rings is 2. The molecule has 0 fully saturated rings. The Labute approximate surface area is 130 Å². The molecule has 0 heterocycles. The smallest absolute Gasteiger partial charge is 0.161 e. The average Bonchev–Trinajstić information content (AvgIpc) is 2.49. The maximum atomic E-state index is 6.10. The molecule has 0 amide bonds. The van der Waals surface area contributed by atoms with E-state index in [-0.39, 0.29) is 0 Å². The summed E-state index contributed by atoms with van der Waals surface area (Å²) < 4.78 is 10.6. The quantitative estimate of drug-likeness (QED) is 0.765. The van der Waals surface area contributed by atoms with Gasteiger partial charge >= 0.3 is 0 Å². The van der Waals surface area contributed by atoms with Crippen molar-refractivity contribution >= 4 is 23.5 Å². The molecule has 3 nitrogen and oxygen atoms in total. The van der Waals surface area contributed by atoms with Crippen LogP contribution < -0.4 is 9.47 Å². The summed E-state index contributed by atoms with van der Waals surface area (Å²) >= 11 is 6.10. The minimum Gasteiger partial charge on any atom is -0.493 e. The number of hydrogen-bond donors (Lipinski definition) is 0. The topological polar surface area (TPSA) is 30.8 Å². The number of halogens is 1. The van der Waals surface area contributed by atoms with Gasteiger partial charge in [-0.25, -0.2) is 0 Å². The highest BCUT2D eigenvalue weighted by atomic mass is 35.5. The van der Waals surface area contributed by atoms with Crippen molar-refractivity contribution in [2.75, 3.05) is 14.2 Å². The van der Waals surface area contributed by atoms with Gasteiger partial charge < -0.3 is 9.47 Å². The van der Waals surface area contributed by atoms with Crippen LogP contribution in [0.5, 0.6) is 11.5 Å². The number of nitrogens with zero attached hydrogens (tertiary/aromatic N) is 1. The molecule has 0 saturated heterocycles. The Morgan fingerprint density at radius 2 is 1.71 bits per heavy atom. The molecule has 0 aliphatic heterocycles. The molecule has 2 aromatic carbocycles. The second-order valence-electron chi connectivity index (χ2n) is 4.71. The highest BCUT2D eigenvalue weighted by Gasteiger charge is 2.07. The van der Waals surface area contributed by atoms with Crippen LogP contribution in [0.1, 0.15) is 16.7 Å². The summed E-state index contributed by atoms with van der Waals surface area (Å²) in [5.41, 5.74) is 3.87. The van der Waals surface area contributed by atoms with Crippen molar-refractivity contribution < 1.29 is 9.47 Å². The number of aliphatic imine (C=N–C) groups is 1. The maximum Gasteiger partial charge on any atom is 0.161 e. The summed E-state index contributed by atoms with van der Waals surface area (Å²) in [6.07, 6.45) is 1.82. The number of hydrogen-bond acceptors (Lipinski definition) is 3. The third-order valence-electron chi connectivity index (χ3n) is 3.35. The lowest BCUT2D eigenvalue weighted by molar-refractivity contribution is 0.354. The van der Waals surface area contributed by atoms with Crippen LogP contribution in [0.25, 0.3) is 0 Å². The van der Waals surface area contributed by atoms with E-state index in [0.717, 1.165) is 22.4 Å². The lowest BCUT2D eigenvalue weighted by Crippen LogP contribution is -1.95. The zero-order chi connectivity index (χ0) is 15.4. The average molecular weight is 304 g/mol. The molecule has 0 atom stereocenters. The molecular formula is C17H18ClNO2. The highest BCUT2D eigenvalue weighted by molar-refractivity contribution is 6.31. The predicted octanol–water partition coefficient (Wildman–Crippen LogP) is 4.72. The van der Waals surface area contributed by atoms with Crippen molar-refractivity contribution in [1.82, 2.24) is 0 Å². The molecule has 0 radical (unpaired) electrons. The molecule has 0 saturated carbocycles. The summed E-state index contributed by atoms with van der Waals surface area (Å²) in [6.45, 7) is 3.96. The Balaban J connectivity index is 2.39. The van der Waals surface area contributed by atoms with Gasteiger partial charge in [0.05, 0.1) is 19.9 Å². The Hall–Kier alpha value is -2.00. The number of ether oxygens (including phenoxy) is 2. The second-order valence-corrected chi connectivity index (χ2v) is 5.11. The summed E-state index contributed by atoms with van der Waals surface area (Å²) in [5, 5.41) is 0.716. The van der Waals surface area contributed by atoms with Crippen LogP contribution in [0.2, 0.25) is 5.02 Å². The van der Waals surface area contributed by atoms with Gasteiger partial charge in [-0.05, 0) is 54.8 Å². The van der Waals surface area contributed by atoms with Crippen molar-refractivity contribution in [1.29, 1.82) is 0 Å². The molecule has 0 N–H and O–H groups in total. The largest absolute Gasteiger partial charge is 0.493 e. The molecule has 0 unspecified atom stereocenters. The van der Waals surface area contributed by atoms with E-state index < -0.39 is 0 Å². The fraction of sp³-hybridized carbons (Fsp3) is 0.235. The first-order chi connectivity index (χ1) is 10.1. The molecule has 110 valence electrons. The normalized spacial score (nSPS) is 10.9. The van der Waals surface area contributed by atoms with Gasteiger partial charge in [0.1, 0.15) is 0 Å². The number of rotatable bonds is 4. The van der Waals surface area contributed by atoms with Gasteiger partial charge in [0.2, 0.25) is 0 Å². The van der Waals surface area contributed by atoms with E-state index >= 15 is 0 Å². The van der Waals surface area contributed by atoms with Crippen LogP contribution >= 0.6 is 11.6 Å². The van der Waals surface area contributed by atoms with Crippen molar-refractivity contribution in [3.63, 3.8) is 0 Å². The molecular weight excluding hydrogens is 286 g/mol. The van der Waals surface area contributed by atoms with Crippen molar-refractivity contribution in [3.05, 3.63) is 52.0 Å². The maximum absolute atomic E-state index is 6.10. The predicted molar refractivity (Wildman–Crippen MR) is 87.7 cm³/mol. The lowest BCUT2D eigenvalue weighted by Gasteiger charge is -2.10. The standard InChI is InChI=1S/C17H18ClNO2/c1-11-8-16(20-3)17(21-4)9-13(11)10-19-15-7-5-6-14(18)12(15)2/h5-10H,1-4H3. The Kier molecular flexibility index (Phi) is 4.86. The van der Waals surface area contributed by atoms with E-state index in [0.29, 0.717) is 16.5 Å². The van der Waals surface area contributed by atoms with E-state index in [1.54, 1.807) is 14.2 Å². The van der Waals surface area contributed by atoms with Gasteiger partial charge in [0.25, 0.3) is 0 Å². The van der Waals surface area contributed by atoms with Crippen molar-refractivity contribution in [3.8, 4) is 11.5 Å². The van der Waals surface area contributed by atoms with Gasteiger partial charge in [-0.2, -0.15) is 0 Å². The second kappa shape index (κ2) is 6.64. The fourth-order valence-corrected chi connectivity index (χ4v) is 2.18. The Bertz CT molecular complexity index is 681. The third-order valence-corrected chi connectivity index (χ3v) is 3.76. The Morgan fingerprint density at radius 3 is 2.38 bits per heavy atom. The molecule has 0 aliphatic rings. The summed E-state index contributed by atoms with van der Waals surface area (Å²) in [6, 6.07) is 9.54. The molecule has 0 aliphatic carbocycles. The fourth-order valence-electron chi connectivity index (χ4n) is 2.01. The van der Waals surface area contributed by atoms with Gasteiger partial charge in [-0.3, -0.25) is 4.99 Å². The molecule has 2 rings (SSSR count). The number of aryl methyl sites for hydroxylation is 1. The zero-order valence-electron chi connectivity index (χ0n) is 12.6. The van der Waals surface area contributed by atoms with Crippen molar-refractivity contribution in [2.45, 2.75) is 13.8 Å². The van der Waals surface area contributed by atoms with E-state index in [1.165, 1.54) is 0 Å². The molecule has 21 heavy (non-hydrogen) atoms. The minimum absolute atomic E-state index is 0.687. The summed E-state index contributed by atoms with van der Waals surface area (Å²) in [5.74, 6) is 1.40. The van der Waals surface area contributed by atoms with E-state index in [4.69, 9.17) is 21.1 Å².